The van der Waals surface area contributed by atoms with Crippen molar-refractivity contribution in [1.82, 2.24) is 0 Å². The highest BCUT2D eigenvalue weighted by molar-refractivity contribution is 4.91. The first-order chi connectivity index (χ1) is 5.16. The Balaban J connectivity index is 2.52. The Morgan fingerprint density at radius 2 is 1.91 bits per heavy atom. The van der Waals surface area contributed by atoms with Gasteiger partial charge in [-0.25, -0.2) is 0 Å². The van der Waals surface area contributed by atoms with Gasteiger partial charge in [0.05, 0.1) is 6.10 Å². The van der Waals surface area contributed by atoms with E-state index in [1.807, 2.05) is 0 Å². The smallest absolute Gasteiger partial charge is 0.115 e. The molecule has 0 bridgehead atoms. The number of aliphatic hydroxyl groups excluding tert-OH is 3. The van der Waals surface area contributed by atoms with E-state index in [1.54, 1.807) is 0 Å². The molecule has 5 heteroatoms. The predicted octanol–water partition coefficient (Wildman–Crippen LogP) is -2.41. The number of nitrogens with two attached hydrogens (primary N) is 1. The Hall–Kier alpha value is -0.200. The summed E-state index contributed by atoms with van der Waals surface area (Å²) in [5.74, 6) is 0. The first-order valence-corrected chi connectivity index (χ1v) is 3.40. The summed E-state index contributed by atoms with van der Waals surface area (Å²) in [6.45, 7) is 1.19. The van der Waals surface area contributed by atoms with E-state index in [1.165, 1.54) is 0 Å². The van der Waals surface area contributed by atoms with Gasteiger partial charge in [-0.15, -0.1) is 0 Å². The van der Waals surface area contributed by atoms with Gasteiger partial charge in [-0.1, -0.05) is 0 Å². The minimum atomic E-state index is -1.20. The average molecular weight is 162 g/mol. The lowest BCUT2D eigenvalue weighted by Gasteiger charge is -2.33. The second kappa shape index (κ2) is 3.46. The summed E-state index contributed by atoms with van der Waals surface area (Å²) in [6.07, 6.45) is -4.06. The number of hydrogen-bond donors (Lipinski definition) is 4. The highest BCUT2D eigenvalue weighted by Gasteiger charge is 2.36. The Labute approximate surface area is 64.4 Å². The summed E-state index contributed by atoms with van der Waals surface area (Å²) in [5.41, 5.74) is 5.20. The molecule has 0 aliphatic carbocycles. The molecule has 1 aliphatic rings. The molecule has 0 amide bonds. The highest BCUT2D eigenvalue weighted by atomic mass is 16.5. The van der Waals surface area contributed by atoms with Gasteiger partial charge in [-0.2, -0.15) is 0 Å². The summed E-state index contributed by atoms with van der Waals surface area (Å²) in [4.78, 5) is 0. The predicted molar refractivity (Wildman–Crippen MR) is 36.2 cm³/mol. The standard InChI is InChI=1S/C6H12NO4/c7-1-4-6(10)5(9)3(8)2-11-4/h2-6,8-10H,1,7H2/t3-,4-,5-,6-/m1/s1. The van der Waals surface area contributed by atoms with Crippen molar-refractivity contribution in [1.29, 1.82) is 0 Å². The lowest BCUT2D eigenvalue weighted by Crippen LogP contribution is -2.53. The fourth-order valence-corrected chi connectivity index (χ4v) is 0.959. The van der Waals surface area contributed by atoms with Crippen LogP contribution in [0.4, 0.5) is 0 Å². The summed E-state index contributed by atoms with van der Waals surface area (Å²) >= 11 is 0. The van der Waals surface area contributed by atoms with Crippen LogP contribution in [0.15, 0.2) is 0 Å². The second-order valence-corrected chi connectivity index (χ2v) is 2.52. The average Bonchev–Trinajstić information content (AvgIpc) is 2.01. The molecule has 0 spiro atoms. The summed E-state index contributed by atoms with van der Waals surface area (Å²) in [5, 5.41) is 27.2. The molecule has 0 unspecified atom stereocenters. The quantitative estimate of drug-likeness (QED) is 0.344. The van der Waals surface area contributed by atoms with E-state index >= 15 is 0 Å². The number of hydrogen-bond acceptors (Lipinski definition) is 5. The van der Waals surface area contributed by atoms with Crippen molar-refractivity contribution >= 4 is 0 Å². The molecule has 5 nitrogen and oxygen atoms in total. The van der Waals surface area contributed by atoms with Gasteiger partial charge in [0.2, 0.25) is 0 Å². The van der Waals surface area contributed by atoms with Crippen molar-refractivity contribution in [2.45, 2.75) is 24.4 Å². The number of ether oxygens (including phenoxy) is 1. The van der Waals surface area contributed by atoms with Gasteiger partial charge in [-0.3, -0.25) is 0 Å². The number of rotatable bonds is 1. The highest BCUT2D eigenvalue weighted by Crippen LogP contribution is 2.16. The van der Waals surface area contributed by atoms with E-state index in [0.29, 0.717) is 0 Å². The van der Waals surface area contributed by atoms with Crippen LogP contribution in [0.5, 0.6) is 0 Å². The SMILES string of the molecule is NC[C@H]1O[CH][C@@H](O)[C@@H](O)[C@@H]1O. The van der Waals surface area contributed by atoms with Crippen LogP contribution in [0.2, 0.25) is 0 Å². The maximum absolute atomic E-state index is 9.17. The van der Waals surface area contributed by atoms with E-state index in [4.69, 9.17) is 20.7 Å². The molecule has 0 aromatic heterocycles. The van der Waals surface area contributed by atoms with Gasteiger partial charge in [-0.05, 0) is 0 Å². The number of aliphatic hydroxyl groups is 3. The molecule has 4 atom stereocenters. The van der Waals surface area contributed by atoms with E-state index < -0.39 is 24.4 Å². The van der Waals surface area contributed by atoms with Crippen molar-refractivity contribution in [3.05, 3.63) is 6.61 Å². The van der Waals surface area contributed by atoms with Crippen LogP contribution in [-0.2, 0) is 4.74 Å². The van der Waals surface area contributed by atoms with Crippen molar-refractivity contribution in [2.75, 3.05) is 6.54 Å². The third kappa shape index (κ3) is 1.69. The lowest BCUT2D eigenvalue weighted by atomic mass is 10.0. The summed E-state index contributed by atoms with van der Waals surface area (Å²) < 4.78 is 4.81. The first-order valence-electron chi connectivity index (χ1n) is 3.40. The molecule has 65 valence electrons. The Morgan fingerprint density at radius 1 is 1.27 bits per heavy atom. The minimum Gasteiger partial charge on any atom is -0.388 e. The lowest BCUT2D eigenvalue weighted by molar-refractivity contribution is -0.157. The Kier molecular flexibility index (Phi) is 2.80. The first kappa shape index (κ1) is 8.89. The normalized spacial score (nSPS) is 45.8. The van der Waals surface area contributed by atoms with Crippen molar-refractivity contribution in [2.24, 2.45) is 5.73 Å². The Morgan fingerprint density at radius 3 is 2.45 bits per heavy atom. The zero-order valence-corrected chi connectivity index (χ0v) is 5.92. The van der Waals surface area contributed by atoms with E-state index in [2.05, 4.69) is 0 Å². The summed E-state index contributed by atoms with van der Waals surface area (Å²) in [6, 6.07) is 0. The largest absolute Gasteiger partial charge is 0.388 e. The zero-order chi connectivity index (χ0) is 8.43. The minimum absolute atomic E-state index is 0.113. The van der Waals surface area contributed by atoms with Gasteiger partial charge >= 0.3 is 0 Å². The fraction of sp³-hybridized carbons (Fsp3) is 0.833. The molecule has 0 aromatic carbocycles. The van der Waals surface area contributed by atoms with Gasteiger partial charge in [0.25, 0.3) is 0 Å². The van der Waals surface area contributed by atoms with Crippen LogP contribution < -0.4 is 5.73 Å². The molecule has 5 N–H and O–H groups in total. The van der Waals surface area contributed by atoms with Crippen LogP contribution in [0.25, 0.3) is 0 Å². The van der Waals surface area contributed by atoms with Crippen molar-refractivity contribution in [3.8, 4) is 0 Å². The van der Waals surface area contributed by atoms with Crippen LogP contribution in [0.3, 0.4) is 0 Å². The van der Waals surface area contributed by atoms with Crippen molar-refractivity contribution < 1.29 is 20.1 Å². The molecule has 1 radical (unpaired) electrons. The molecule has 1 rings (SSSR count). The van der Waals surface area contributed by atoms with Gasteiger partial charge in [0.15, 0.2) is 0 Å². The van der Waals surface area contributed by atoms with E-state index in [0.717, 1.165) is 6.61 Å². The van der Waals surface area contributed by atoms with E-state index in [-0.39, 0.29) is 6.54 Å². The maximum atomic E-state index is 9.17. The van der Waals surface area contributed by atoms with Crippen LogP contribution in [0.1, 0.15) is 0 Å². The van der Waals surface area contributed by atoms with Gasteiger partial charge < -0.3 is 25.8 Å². The third-order valence-electron chi connectivity index (χ3n) is 1.71. The third-order valence-corrected chi connectivity index (χ3v) is 1.71. The van der Waals surface area contributed by atoms with Crippen LogP contribution in [0, 0.1) is 6.61 Å². The monoisotopic (exact) mass is 162 g/mol. The topological polar surface area (TPSA) is 95.9 Å². The summed E-state index contributed by atoms with van der Waals surface area (Å²) in [7, 11) is 0. The molecular formula is C6H12NO4. The molecule has 0 saturated carbocycles. The molecule has 1 heterocycles. The molecule has 0 aromatic rings. The van der Waals surface area contributed by atoms with Crippen LogP contribution >= 0.6 is 0 Å². The Bertz CT molecular complexity index is 130. The molecule has 1 saturated heterocycles. The molecule has 11 heavy (non-hydrogen) atoms. The zero-order valence-electron chi connectivity index (χ0n) is 5.92. The molecule has 1 aliphatic heterocycles. The fourth-order valence-electron chi connectivity index (χ4n) is 0.959. The van der Waals surface area contributed by atoms with Gasteiger partial charge in [0, 0.05) is 6.54 Å². The second-order valence-electron chi connectivity index (χ2n) is 2.52. The molecule has 1 fully saturated rings. The maximum Gasteiger partial charge on any atom is 0.115 e. The van der Waals surface area contributed by atoms with Crippen molar-refractivity contribution in [3.63, 3.8) is 0 Å². The van der Waals surface area contributed by atoms with Gasteiger partial charge in [0.1, 0.15) is 24.9 Å². The van der Waals surface area contributed by atoms with E-state index in [9.17, 15) is 5.11 Å². The van der Waals surface area contributed by atoms with Crippen LogP contribution in [-0.4, -0.2) is 46.3 Å². The molecular weight excluding hydrogens is 150 g/mol.